The van der Waals surface area contributed by atoms with Gasteiger partial charge in [-0.05, 0) is 38.5 Å². The highest BCUT2D eigenvalue weighted by atomic mass is 16.2. The van der Waals surface area contributed by atoms with E-state index in [1.807, 2.05) is 49.9 Å². The molecule has 0 unspecified atom stereocenters. The molecular formula is C15H22N2O. The molecule has 0 aliphatic heterocycles. The number of hydrogen-bond donors (Lipinski definition) is 1. The Bertz CT molecular complexity index is 432. The molecule has 18 heavy (non-hydrogen) atoms. The maximum absolute atomic E-state index is 12.3. The van der Waals surface area contributed by atoms with Gasteiger partial charge in [0, 0.05) is 17.8 Å². The highest BCUT2D eigenvalue weighted by Gasteiger charge is 2.24. The standard InChI is InChI=1S/C15H22N2O/c1-5-9-17(15(2,3)4)14(18)11-12-7-6-8-13(16)10-12/h5-8,10H,1,9,11,16H2,2-4H3. The van der Waals surface area contributed by atoms with E-state index in [4.69, 9.17) is 5.73 Å². The summed E-state index contributed by atoms with van der Waals surface area (Å²) >= 11 is 0. The first-order chi connectivity index (χ1) is 8.34. The summed E-state index contributed by atoms with van der Waals surface area (Å²) in [6, 6.07) is 7.45. The number of nitrogens with two attached hydrogens (primary N) is 1. The molecule has 0 aromatic heterocycles. The second kappa shape index (κ2) is 5.71. The van der Waals surface area contributed by atoms with Crippen molar-refractivity contribution in [3.05, 3.63) is 42.5 Å². The molecule has 1 rings (SSSR count). The molecule has 0 fully saturated rings. The SMILES string of the molecule is C=CCN(C(=O)Cc1cccc(N)c1)C(C)(C)C. The molecule has 3 nitrogen and oxygen atoms in total. The van der Waals surface area contributed by atoms with Crippen LogP contribution in [0.25, 0.3) is 0 Å². The minimum Gasteiger partial charge on any atom is -0.399 e. The summed E-state index contributed by atoms with van der Waals surface area (Å²) in [5.41, 5.74) is 7.14. The van der Waals surface area contributed by atoms with Crippen molar-refractivity contribution < 1.29 is 4.79 Å². The molecule has 1 aromatic carbocycles. The van der Waals surface area contributed by atoms with Crippen molar-refractivity contribution in [2.24, 2.45) is 0 Å². The van der Waals surface area contributed by atoms with E-state index in [-0.39, 0.29) is 11.4 Å². The van der Waals surface area contributed by atoms with E-state index < -0.39 is 0 Å². The highest BCUT2D eigenvalue weighted by Crippen LogP contribution is 2.16. The van der Waals surface area contributed by atoms with Crippen LogP contribution in [0.3, 0.4) is 0 Å². The van der Waals surface area contributed by atoms with Crippen molar-refractivity contribution in [3.63, 3.8) is 0 Å². The molecule has 2 N–H and O–H groups in total. The van der Waals surface area contributed by atoms with Gasteiger partial charge in [0.1, 0.15) is 0 Å². The quantitative estimate of drug-likeness (QED) is 0.655. The molecule has 0 saturated heterocycles. The summed E-state index contributed by atoms with van der Waals surface area (Å²) in [5, 5.41) is 0. The van der Waals surface area contributed by atoms with Gasteiger partial charge in [0.15, 0.2) is 0 Å². The smallest absolute Gasteiger partial charge is 0.227 e. The predicted octanol–water partition coefficient (Wildman–Crippen LogP) is 2.62. The summed E-state index contributed by atoms with van der Waals surface area (Å²) in [6.07, 6.45) is 2.12. The van der Waals surface area contributed by atoms with E-state index in [1.165, 1.54) is 0 Å². The van der Waals surface area contributed by atoms with Crippen LogP contribution in [0.15, 0.2) is 36.9 Å². The number of benzene rings is 1. The molecular weight excluding hydrogens is 224 g/mol. The molecule has 3 heteroatoms. The van der Waals surface area contributed by atoms with Crippen LogP contribution >= 0.6 is 0 Å². The van der Waals surface area contributed by atoms with Gasteiger partial charge in [-0.25, -0.2) is 0 Å². The van der Waals surface area contributed by atoms with E-state index in [0.717, 1.165) is 5.56 Å². The number of anilines is 1. The van der Waals surface area contributed by atoms with E-state index in [1.54, 1.807) is 6.08 Å². The zero-order valence-corrected chi connectivity index (χ0v) is 11.4. The van der Waals surface area contributed by atoms with Crippen LogP contribution in [-0.2, 0) is 11.2 Å². The maximum atomic E-state index is 12.3. The Labute approximate surface area is 109 Å². The van der Waals surface area contributed by atoms with Crippen LogP contribution in [0.1, 0.15) is 26.3 Å². The monoisotopic (exact) mass is 246 g/mol. The summed E-state index contributed by atoms with van der Waals surface area (Å²) in [7, 11) is 0. The lowest BCUT2D eigenvalue weighted by atomic mass is 10.0. The molecule has 0 saturated carbocycles. The number of carbonyl (C=O) groups excluding carboxylic acids is 1. The lowest BCUT2D eigenvalue weighted by molar-refractivity contribution is -0.134. The zero-order valence-electron chi connectivity index (χ0n) is 11.4. The van der Waals surface area contributed by atoms with Crippen molar-refractivity contribution >= 4 is 11.6 Å². The molecule has 0 bridgehead atoms. The van der Waals surface area contributed by atoms with Gasteiger partial charge in [-0.3, -0.25) is 4.79 Å². The lowest BCUT2D eigenvalue weighted by Gasteiger charge is -2.35. The second-order valence-electron chi connectivity index (χ2n) is 5.39. The summed E-state index contributed by atoms with van der Waals surface area (Å²) in [5.74, 6) is 0.0907. The number of rotatable bonds is 4. The van der Waals surface area contributed by atoms with Gasteiger partial charge in [0.2, 0.25) is 5.91 Å². The van der Waals surface area contributed by atoms with Crippen molar-refractivity contribution in [2.75, 3.05) is 12.3 Å². The van der Waals surface area contributed by atoms with E-state index in [9.17, 15) is 4.79 Å². The molecule has 0 spiro atoms. The van der Waals surface area contributed by atoms with E-state index >= 15 is 0 Å². The fourth-order valence-corrected chi connectivity index (χ4v) is 1.85. The Morgan fingerprint density at radius 2 is 2.11 bits per heavy atom. The van der Waals surface area contributed by atoms with Gasteiger partial charge in [0.05, 0.1) is 6.42 Å². The van der Waals surface area contributed by atoms with Crippen LogP contribution in [-0.4, -0.2) is 22.9 Å². The van der Waals surface area contributed by atoms with Gasteiger partial charge in [0.25, 0.3) is 0 Å². The van der Waals surface area contributed by atoms with Crippen LogP contribution in [0, 0.1) is 0 Å². The zero-order chi connectivity index (χ0) is 13.8. The van der Waals surface area contributed by atoms with Crippen LogP contribution in [0.4, 0.5) is 5.69 Å². The fraction of sp³-hybridized carbons (Fsp3) is 0.400. The van der Waals surface area contributed by atoms with Gasteiger partial charge in [-0.2, -0.15) is 0 Å². The summed E-state index contributed by atoms with van der Waals surface area (Å²) in [6.45, 7) is 10.3. The number of hydrogen-bond acceptors (Lipinski definition) is 2. The third kappa shape index (κ3) is 3.91. The van der Waals surface area contributed by atoms with E-state index in [2.05, 4.69) is 6.58 Å². The molecule has 0 aliphatic carbocycles. The number of amides is 1. The summed E-state index contributed by atoms with van der Waals surface area (Å²) < 4.78 is 0. The maximum Gasteiger partial charge on any atom is 0.227 e. The minimum absolute atomic E-state index is 0.0907. The van der Waals surface area contributed by atoms with Gasteiger partial charge >= 0.3 is 0 Å². The molecule has 1 aromatic rings. The van der Waals surface area contributed by atoms with Gasteiger partial charge in [-0.15, -0.1) is 6.58 Å². The van der Waals surface area contributed by atoms with Gasteiger partial charge in [-0.1, -0.05) is 18.2 Å². The fourth-order valence-electron chi connectivity index (χ4n) is 1.85. The number of nitrogens with zero attached hydrogens (tertiary/aromatic N) is 1. The molecule has 0 heterocycles. The van der Waals surface area contributed by atoms with Crippen LogP contribution < -0.4 is 5.73 Å². The Kier molecular flexibility index (Phi) is 4.54. The van der Waals surface area contributed by atoms with E-state index in [0.29, 0.717) is 18.7 Å². The van der Waals surface area contributed by atoms with Crippen LogP contribution in [0.2, 0.25) is 0 Å². The topological polar surface area (TPSA) is 46.3 Å². The molecule has 0 aliphatic rings. The average Bonchev–Trinajstić information content (AvgIpc) is 2.24. The largest absolute Gasteiger partial charge is 0.399 e. The highest BCUT2D eigenvalue weighted by molar-refractivity contribution is 5.80. The number of carbonyl (C=O) groups is 1. The van der Waals surface area contributed by atoms with Crippen molar-refractivity contribution in [3.8, 4) is 0 Å². The van der Waals surface area contributed by atoms with Gasteiger partial charge < -0.3 is 10.6 Å². The van der Waals surface area contributed by atoms with Crippen molar-refractivity contribution in [2.45, 2.75) is 32.7 Å². The minimum atomic E-state index is -0.203. The third-order valence-corrected chi connectivity index (χ3v) is 2.73. The first-order valence-electron chi connectivity index (χ1n) is 6.10. The Morgan fingerprint density at radius 3 is 2.61 bits per heavy atom. The Morgan fingerprint density at radius 1 is 1.44 bits per heavy atom. The molecule has 1 amide bonds. The summed E-state index contributed by atoms with van der Waals surface area (Å²) in [4.78, 5) is 14.1. The first kappa shape index (κ1) is 14.3. The molecule has 0 radical (unpaired) electrons. The lowest BCUT2D eigenvalue weighted by Crippen LogP contribution is -2.46. The first-order valence-corrected chi connectivity index (χ1v) is 6.10. The third-order valence-electron chi connectivity index (χ3n) is 2.73. The predicted molar refractivity (Wildman–Crippen MR) is 76.2 cm³/mol. The molecule has 0 atom stereocenters. The molecule has 98 valence electrons. The number of nitrogen functional groups attached to an aromatic ring is 1. The van der Waals surface area contributed by atoms with Crippen LogP contribution in [0.5, 0.6) is 0 Å². The van der Waals surface area contributed by atoms with Crippen molar-refractivity contribution in [1.82, 2.24) is 4.90 Å². The Balaban J connectivity index is 2.82. The average molecular weight is 246 g/mol. The Hall–Kier alpha value is -1.77. The van der Waals surface area contributed by atoms with Crippen molar-refractivity contribution in [1.29, 1.82) is 0 Å². The second-order valence-corrected chi connectivity index (χ2v) is 5.39. The normalized spacial score (nSPS) is 11.1.